The lowest BCUT2D eigenvalue weighted by Crippen LogP contribution is -2.03. The number of nitrogens with zero attached hydrogens (tertiary/aromatic N) is 4. The molecule has 1 N–H and O–H groups in total. The van der Waals surface area contributed by atoms with E-state index in [1.54, 1.807) is 23.1 Å². The molecule has 4 rings (SSSR count). The molecule has 0 spiro atoms. The lowest BCUT2D eigenvalue weighted by atomic mass is 10.2. The summed E-state index contributed by atoms with van der Waals surface area (Å²) in [6.45, 7) is 0.827. The van der Waals surface area contributed by atoms with Crippen molar-refractivity contribution in [1.29, 1.82) is 0 Å². The van der Waals surface area contributed by atoms with E-state index in [1.807, 2.05) is 48.8 Å². The normalized spacial score (nSPS) is 10.8. The molecule has 0 unspecified atom stereocenters. The number of benzene rings is 2. The highest BCUT2D eigenvalue weighted by atomic mass is 32.2. The zero-order chi connectivity index (χ0) is 17.6. The number of rotatable bonds is 7. The number of imidazole rings is 1. The van der Waals surface area contributed by atoms with Gasteiger partial charge >= 0.3 is 0 Å². The van der Waals surface area contributed by atoms with Gasteiger partial charge in [0.05, 0.1) is 5.75 Å². The molecule has 0 atom stereocenters. The van der Waals surface area contributed by atoms with Crippen LogP contribution in [0.1, 0.15) is 11.4 Å². The van der Waals surface area contributed by atoms with Gasteiger partial charge < -0.3 is 9.88 Å². The fraction of sp³-hybridized carbons (Fsp3) is 0.105. The van der Waals surface area contributed by atoms with Crippen LogP contribution in [0.2, 0.25) is 0 Å². The standard InChI is InChI=1S/C19H17N5S2/c1-3-7-15(8-4-1)13-24-12-11-20-17(24)14-25-19-23-22-18(26-19)21-16-9-5-2-6-10-16/h1-12H,13-14H2,(H,21,22). The summed E-state index contributed by atoms with van der Waals surface area (Å²) >= 11 is 3.21. The molecule has 0 aliphatic carbocycles. The van der Waals surface area contributed by atoms with Gasteiger partial charge in [-0.2, -0.15) is 0 Å². The monoisotopic (exact) mass is 379 g/mol. The van der Waals surface area contributed by atoms with Crippen LogP contribution in [0.3, 0.4) is 0 Å². The Kier molecular flexibility index (Phi) is 5.27. The van der Waals surface area contributed by atoms with Crippen LogP contribution in [0.5, 0.6) is 0 Å². The summed E-state index contributed by atoms with van der Waals surface area (Å²) in [4.78, 5) is 4.48. The van der Waals surface area contributed by atoms with Crippen LogP contribution in [-0.4, -0.2) is 19.7 Å². The lowest BCUT2D eigenvalue weighted by molar-refractivity contribution is 0.756. The number of thioether (sulfide) groups is 1. The van der Waals surface area contributed by atoms with Crippen LogP contribution in [-0.2, 0) is 12.3 Å². The number of aromatic nitrogens is 4. The number of hydrogen-bond acceptors (Lipinski definition) is 6. The van der Waals surface area contributed by atoms with Gasteiger partial charge in [0, 0.05) is 24.6 Å². The average molecular weight is 380 g/mol. The summed E-state index contributed by atoms with van der Waals surface area (Å²) < 4.78 is 3.10. The number of nitrogens with one attached hydrogen (secondary N) is 1. The van der Waals surface area contributed by atoms with Gasteiger partial charge in [0.1, 0.15) is 5.82 Å². The Morgan fingerprint density at radius 2 is 1.73 bits per heavy atom. The highest BCUT2D eigenvalue weighted by molar-refractivity contribution is 8.00. The summed E-state index contributed by atoms with van der Waals surface area (Å²) in [5.74, 6) is 1.80. The first kappa shape index (κ1) is 16.8. The molecule has 0 saturated carbocycles. The molecule has 130 valence electrons. The summed E-state index contributed by atoms with van der Waals surface area (Å²) in [7, 11) is 0. The first-order chi connectivity index (χ1) is 12.9. The van der Waals surface area contributed by atoms with E-state index in [0.29, 0.717) is 0 Å². The number of anilines is 2. The van der Waals surface area contributed by atoms with Crippen molar-refractivity contribution in [2.75, 3.05) is 5.32 Å². The van der Waals surface area contributed by atoms with E-state index < -0.39 is 0 Å². The zero-order valence-corrected chi connectivity index (χ0v) is 15.6. The molecule has 0 radical (unpaired) electrons. The van der Waals surface area contributed by atoms with Gasteiger partial charge in [0.2, 0.25) is 5.13 Å². The third-order valence-electron chi connectivity index (χ3n) is 3.75. The predicted molar refractivity (Wildman–Crippen MR) is 107 cm³/mol. The van der Waals surface area contributed by atoms with Crippen molar-refractivity contribution in [3.63, 3.8) is 0 Å². The van der Waals surface area contributed by atoms with Crippen LogP contribution < -0.4 is 5.32 Å². The first-order valence-electron chi connectivity index (χ1n) is 8.19. The van der Waals surface area contributed by atoms with E-state index >= 15 is 0 Å². The molecular formula is C19H17N5S2. The fourth-order valence-electron chi connectivity index (χ4n) is 2.49. The second-order valence-corrected chi connectivity index (χ2v) is 7.81. The molecule has 7 heteroatoms. The number of para-hydroxylation sites is 1. The summed E-state index contributed by atoms with van der Waals surface area (Å²) in [5.41, 5.74) is 2.28. The van der Waals surface area contributed by atoms with Crippen LogP contribution >= 0.6 is 23.1 Å². The van der Waals surface area contributed by atoms with Gasteiger partial charge in [-0.3, -0.25) is 0 Å². The molecule has 0 aliphatic rings. The number of hydrogen-bond donors (Lipinski definition) is 1. The van der Waals surface area contributed by atoms with Crippen LogP contribution in [0, 0.1) is 0 Å². The third-order valence-corrected chi connectivity index (χ3v) is 5.72. The lowest BCUT2D eigenvalue weighted by Gasteiger charge is -2.07. The Balaban J connectivity index is 1.37. The first-order valence-corrected chi connectivity index (χ1v) is 9.99. The second kappa shape index (κ2) is 8.16. The third kappa shape index (κ3) is 4.30. The van der Waals surface area contributed by atoms with E-state index in [9.17, 15) is 0 Å². The van der Waals surface area contributed by atoms with E-state index in [-0.39, 0.29) is 0 Å². The minimum Gasteiger partial charge on any atom is -0.330 e. The molecule has 2 heterocycles. The Bertz CT molecular complexity index is 950. The molecule has 26 heavy (non-hydrogen) atoms. The largest absolute Gasteiger partial charge is 0.330 e. The Hall–Kier alpha value is -2.64. The van der Waals surface area contributed by atoms with E-state index in [4.69, 9.17) is 0 Å². The van der Waals surface area contributed by atoms with Crippen molar-refractivity contribution < 1.29 is 0 Å². The summed E-state index contributed by atoms with van der Waals surface area (Å²) in [6.07, 6.45) is 3.87. The van der Waals surface area contributed by atoms with Gasteiger partial charge in [0.15, 0.2) is 4.34 Å². The molecular weight excluding hydrogens is 362 g/mol. The summed E-state index contributed by atoms with van der Waals surface area (Å²) in [6, 6.07) is 20.4. The second-order valence-electron chi connectivity index (χ2n) is 5.61. The zero-order valence-electron chi connectivity index (χ0n) is 13.9. The molecule has 2 aromatic heterocycles. The van der Waals surface area contributed by atoms with Gasteiger partial charge in [-0.15, -0.1) is 10.2 Å². The van der Waals surface area contributed by atoms with Crippen molar-refractivity contribution in [2.24, 2.45) is 0 Å². The Morgan fingerprint density at radius 1 is 0.962 bits per heavy atom. The highest BCUT2D eigenvalue weighted by Gasteiger charge is 2.09. The SMILES string of the molecule is c1ccc(Cn2ccnc2CSc2nnc(Nc3ccccc3)s2)cc1. The fourth-order valence-corrected chi connectivity index (χ4v) is 4.23. The average Bonchev–Trinajstić information content (AvgIpc) is 3.31. The van der Waals surface area contributed by atoms with Gasteiger partial charge in [0.25, 0.3) is 0 Å². The Labute approximate surface area is 160 Å². The molecule has 0 aliphatic heterocycles. The predicted octanol–water partition coefficient (Wildman–Crippen LogP) is 4.82. The smallest absolute Gasteiger partial charge is 0.210 e. The quantitative estimate of drug-likeness (QED) is 0.467. The minimum absolute atomic E-state index is 0.764. The maximum absolute atomic E-state index is 4.48. The van der Waals surface area contributed by atoms with Gasteiger partial charge in [-0.25, -0.2) is 4.98 Å². The van der Waals surface area contributed by atoms with Crippen LogP contribution in [0.15, 0.2) is 77.4 Å². The van der Waals surface area contributed by atoms with Gasteiger partial charge in [-0.05, 0) is 17.7 Å². The summed E-state index contributed by atoms with van der Waals surface area (Å²) in [5, 5.41) is 12.5. The van der Waals surface area contributed by atoms with Crippen molar-refractivity contribution in [2.45, 2.75) is 16.6 Å². The van der Waals surface area contributed by atoms with Crippen molar-refractivity contribution in [1.82, 2.24) is 19.7 Å². The van der Waals surface area contributed by atoms with Crippen molar-refractivity contribution >= 4 is 33.9 Å². The Morgan fingerprint density at radius 3 is 2.54 bits per heavy atom. The molecule has 5 nitrogen and oxygen atoms in total. The maximum atomic E-state index is 4.48. The molecule has 4 aromatic rings. The molecule has 0 fully saturated rings. The van der Waals surface area contributed by atoms with E-state index in [2.05, 4.69) is 49.3 Å². The molecule has 0 saturated heterocycles. The van der Waals surface area contributed by atoms with E-state index in [0.717, 1.165) is 33.3 Å². The van der Waals surface area contributed by atoms with Crippen molar-refractivity contribution in [3.05, 3.63) is 84.4 Å². The molecule has 0 amide bonds. The van der Waals surface area contributed by atoms with Crippen LogP contribution in [0.4, 0.5) is 10.8 Å². The van der Waals surface area contributed by atoms with E-state index in [1.165, 1.54) is 5.56 Å². The highest BCUT2D eigenvalue weighted by Crippen LogP contribution is 2.29. The van der Waals surface area contributed by atoms with Gasteiger partial charge in [-0.1, -0.05) is 71.6 Å². The van der Waals surface area contributed by atoms with Crippen LogP contribution in [0.25, 0.3) is 0 Å². The van der Waals surface area contributed by atoms with Crippen molar-refractivity contribution in [3.8, 4) is 0 Å². The maximum Gasteiger partial charge on any atom is 0.210 e. The topological polar surface area (TPSA) is 55.6 Å². The minimum atomic E-state index is 0.764. The molecule has 2 aromatic carbocycles. The molecule has 0 bridgehead atoms.